The lowest BCUT2D eigenvalue weighted by molar-refractivity contribution is 1.24. The normalized spacial score (nSPS) is 12.3. The van der Waals surface area contributed by atoms with Crippen LogP contribution in [0.2, 0.25) is 0 Å². The molecule has 0 N–H and O–H groups in total. The van der Waals surface area contributed by atoms with E-state index in [1.807, 2.05) is 0 Å². The van der Waals surface area contributed by atoms with Crippen LogP contribution in [0.5, 0.6) is 0 Å². The summed E-state index contributed by atoms with van der Waals surface area (Å²) in [6.45, 7) is 0. The summed E-state index contributed by atoms with van der Waals surface area (Å²) in [6, 6.07) is 99.7. The highest BCUT2D eigenvalue weighted by Gasteiger charge is 2.25. The Kier molecular flexibility index (Phi) is 11.1. The smallest absolute Gasteiger partial charge is 0.0718 e. The van der Waals surface area contributed by atoms with Crippen molar-refractivity contribution in [3.63, 3.8) is 0 Å². The molecule has 81 heavy (non-hydrogen) atoms. The van der Waals surface area contributed by atoms with Crippen molar-refractivity contribution in [3.8, 4) is 134 Å². The molecule has 3 aromatic heterocycles. The van der Waals surface area contributed by atoms with Gasteiger partial charge in [0.2, 0.25) is 0 Å². The van der Waals surface area contributed by atoms with Crippen molar-refractivity contribution >= 4 is 0 Å². The molecular weight excluding hydrogens is 979 g/mol. The van der Waals surface area contributed by atoms with E-state index in [0.29, 0.717) is 0 Å². The Morgan fingerprint density at radius 1 is 0.173 bits per heavy atom. The van der Waals surface area contributed by atoms with E-state index in [2.05, 4.69) is 273 Å². The highest BCUT2D eigenvalue weighted by Crippen LogP contribution is 2.46. The maximum atomic E-state index is 5.54. The Morgan fingerprint density at radius 3 is 0.926 bits per heavy atom. The van der Waals surface area contributed by atoms with Crippen LogP contribution in [-0.2, 0) is 19.3 Å². The lowest BCUT2D eigenvalue weighted by Crippen LogP contribution is -1.96. The number of nitrogens with zero attached hydrogens (tertiary/aromatic N) is 3. The van der Waals surface area contributed by atoms with Crippen LogP contribution >= 0.6 is 0 Å². The number of fused-ring (bicyclic) bond motifs is 9. The van der Waals surface area contributed by atoms with Gasteiger partial charge < -0.3 is 0 Å². The van der Waals surface area contributed by atoms with E-state index in [1.165, 1.54) is 66.8 Å². The molecule has 13 aromatic rings. The van der Waals surface area contributed by atoms with Gasteiger partial charge in [0, 0.05) is 33.4 Å². The third kappa shape index (κ3) is 8.41. The first kappa shape index (κ1) is 46.7. The van der Waals surface area contributed by atoms with Gasteiger partial charge in [-0.1, -0.05) is 206 Å². The van der Waals surface area contributed by atoms with Crippen LogP contribution in [0, 0.1) is 0 Å². The van der Waals surface area contributed by atoms with Gasteiger partial charge in [0.15, 0.2) is 0 Å². The highest BCUT2D eigenvalue weighted by atomic mass is 14.7. The van der Waals surface area contributed by atoms with Crippen LogP contribution in [-0.4, -0.2) is 15.0 Å². The quantitative estimate of drug-likeness (QED) is 0.145. The summed E-state index contributed by atoms with van der Waals surface area (Å²) < 4.78 is 0. The van der Waals surface area contributed by atoms with E-state index < -0.39 is 0 Å². The van der Waals surface area contributed by atoms with Crippen LogP contribution in [0.4, 0.5) is 0 Å². The summed E-state index contributed by atoms with van der Waals surface area (Å²) in [5, 5.41) is 0. The van der Waals surface area contributed by atoms with Gasteiger partial charge in [0.25, 0.3) is 0 Å². The predicted molar refractivity (Wildman–Crippen MR) is 333 cm³/mol. The van der Waals surface area contributed by atoms with Crippen LogP contribution in [0.1, 0.15) is 33.4 Å². The zero-order valence-electron chi connectivity index (χ0n) is 44.4. The highest BCUT2D eigenvalue weighted by molar-refractivity contribution is 5.91. The van der Waals surface area contributed by atoms with Crippen molar-refractivity contribution in [1.82, 2.24) is 15.0 Å². The minimum absolute atomic E-state index is 0.866. The largest absolute Gasteiger partial charge is 0.248 e. The standard InChI is InChI=1S/C78H51N3/c1-4-17-49(18-5-1)73-43-60(46-76(79-73)55-31-33-68-63(37-55)35-52-23-10-13-26-65(52)68)57-39-58(61-44-74(50-19-6-2-7-20-50)80-77(47-61)56-32-34-69-64(38-56)36-53-24-11-14-27-66(53)69)41-59(40-57)62-45-75(51-21-8-3-9-22-51)81-78(48-62)71-30-16-29-70-67-28-15-12-25-54(67)42-72(70)71/h1-34,37-41,43-48H,35-36,42H2. The SMILES string of the molecule is c1ccc(-c2cc(-c3cc(-c4cc(-c5ccccc5)nc(-c5ccc6c(c5)Cc5ccccc5-6)c4)cc(-c4cc(-c5ccccc5)nc(-c5cccc6c5Cc5ccccc5-6)c4)c3)cc(-c3ccc4c(c3)Cc3ccccc3-4)n2)cc1. The number of pyridine rings is 3. The molecule has 0 spiro atoms. The van der Waals surface area contributed by atoms with E-state index in [1.54, 1.807) is 0 Å². The molecule has 10 aromatic carbocycles. The molecule has 0 radical (unpaired) electrons. The zero-order chi connectivity index (χ0) is 53.4. The Balaban J connectivity index is 0.923. The Labute approximate surface area is 472 Å². The van der Waals surface area contributed by atoms with E-state index >= 15 is 0 Å². The summed E-state index contributed by atoms with van der Waals surface area (Å²) in [7, 11) is 0. The lowest BCUT2D eigenvalue weighted by atomic mass is 9.90. The summed E-state index contributed by atoms with van der Waals surface area (Å²) in [4.78, 5) is 16.5. The van der Waals surface area contributed by atoms with E-state index in [4.69, 9.17) is 15.0 Å². The average molecular weight is 1030 g/mol. The Hall–Kier alpha value is -10.4. The van der Waals surface area contributed by atoms with Crippen LogP contribution in [0.25, 0.3) is 134 Å². The number of aromatic nitrogens is 3. The first-order valence-electron chi connectivity index (χ1n) is 28.1. The average Bonchev–Trinajstić information content (AvgIpc) is 4.31. The van der Waals surface area contributed by atoms with Crippen LogP contribution in [0.3, 0.4) is 0 Å². The molecule has 378 valence electrons. The van der Waals surface area contributed by atoms with Crippen molar-refractivity contribution in [2.75, 3.05) is 0 Å². The Morgan fingerprint density at radius 2 is 0.481 bits per heavy atom. The molecule has 0 aliphatic heterocycles. The summed E-state index contributed by atoms with van der Waals surface area (Å²) in [6.07, 6.45) is 2.68. The maximum absolute atomic E-state index is 5.54. The van der Waals surface area contributed by atoms with E-state index in [9.17, 15) is 0 Å². The van der Waals surface area contributed by atoms with Gasteiger partial charge in [-0.25, -0.2) is 15.0 Å². The molecule has 0 unspecified atom stereocenters. The molecule has 0 bridgehead atoms. The molecule has 0 amide bonds. The number of benzene rings is 10. The van der Waals surface area contributed by atoms with Crippen molar-refractivity contribution in [2.45, 2.75) is 19.3 Å². The summed E-state index contributed by atoms with van der Waals surface area (Å²) in [5.41, 5.74) is 34.6. The van der Waals surface area contributed by atoms with Gasteiger partial charge in [-0.2, -0.15) is 0 Å². The van der Waals surface area contributed by atoms with E-state index in [-0.39, 0.29) is 0 Å². The molecule has 3 aliphatic rings. The third-order valence-electron chi connectivity index (χ3n) is 16.9. The fraction of sp³-hybridized carbons (Fsp3) is 0.0385. The van der Waals surface area contributed by atoms with Gasteiger partial charge in [-0.3, -0.25) is 0 Å². The molecule has 3 aliphatic carbocycles. The van der Waals surface area contributed by atoms with Gasteiger partial charge in [-0.15, -0.1) is 0 Å². The second-order valence-electron chi connectivity index (χ2n) is 21.9. The van der Waals surface area contributed by atoms with Crippen molar-refractivity contribution in [1.29, 1.82) is 0 Å². The van der Waals surface area contributed by atoms with Gasteiger partial charge in [0.05, 0.1) is 34.2 Å². The van der Waals surface area contributed by atoms with Crippen molar-refractivity contribution in [2.24, 2.45) is 0 Å². The second kappa shape index (κ2) is 19.2. The fourth-order valence-corrected chi connectivity index (χ4v) is 12.9. The third-order valence-corrected chi connectivity index (χ3v) is 16.9. The van der Waals surface area contributed by atoms with Crippen LogP contribution < -0.4 is 0 Å². The number of rotatable bonds is 9. The Bertz CT molecular complexity index is 4450. The monoisotopic (exact) mass is 1030 g/mol. The molecule has 0 fully saturated rings. The number of hydrogen-bond donors (Lipinski definition) is 0. The first-order chi connectivity index (χ1) is 40.1. The minimum atomic E-state index is 0.866. The van der Waals surface area contributed by atoms with Crippen LogP contribution in [0.15, 0.2) is 273 Å². The second-order valence-corrected chi connectivity index (χ2v) is 21.9. The summed E-state index contributed by atoms with van der Waals surface area (Å²) in [5.74, 6) is 0. The molecule has 16 rings (SSSR count). The number of hydrogen-bond acceptors (Lipinski definition) is 3. The summed E-state index contributed by atoms with van der Waals surface area (Å²) >= 11 is 0. The van der Waals surface area contributed by atoms with Crippen molar-refractivity contribution < 1.29 is 0 Å². The minimum Gasteiger partial charge on any atom is -0.248 e. The molecular formula is C78H51N3. The van der Waals surface area contributed by atoms with E-state index in [0.717, 1.165) is 120 Å². The molecule has 0 saturated carbocycles. The zero-order valence-corrected chi connectivity index (χ0v) is 44.4. The van der Waals surface area contributed by atoms with Gasteiger partial charge in [0.1, 0.15) is 0 Å². The molecule has 3 heteroatoms. The molecule has 0 atom stereocenters. The van der Waals surface area contributed by atoms with Gasteiger partial charge in [-0.05, 0) is 186 Å². The fourth-order valence-electron chi connectivity index (χ4n) is 12.9. The first-order valence-corrected chi connectivity index (χ1v) is 28.1. The van der Waals surface area contributed by atoms with Gasteiger partial charge >= 0.3 is 0 Å². The van der Waals surface area contributed by atoms with Crippen molar-refractivity contribution in [3.05, 3.63) is 306 Å². The molecule has 3 heterocycles. The maximum Gasteiger partial charge on any atom is 0.0718 e. The topological polar surface area (TPSA) is 38.7 Å². The molecule has 3 nitrogen and oxygen atoms in total. The molecule has 0 saturated heterocycles. The lowest BCUT2D eigenvalue weighted by Gasteiger charge is -2.17. The predicted octanol–water partition coefficient (Wildman–Crippen LogP) is 19.6.